The van der Waals surface area contributed by atoms with E-state index in [9.17, 15) is 4.79 Å². The Labute approximate surface area is 207 Å². The van der Waals surface area contributed by atoms with E-state index in [1.54, 1.807) is 36.3 Å². The summed E-state index contributed by atoms with van der Waals surface area (Å²) in [5.41, 5.74) is 5.56. The molecule has 0 aliphatic carbocycles. The number of amides is 1. The predicted octanol–water partition coefficient (Wildman–Crippen LogP) is 5.34. The van der Waals surface area contributed by atoms with Crippen LogP contribution in [0.25, 0.3) is 11.4 Å². The minimum atomic E-state index is -0.226. The van der Waals surface area contributed by atoms with Gasteiger partial charge in [0.1, 0.15) is 11.5 Å². The summed E-state index contributed by atoms with van der Waals surface area (Å²) in [4.78, 5) is 21.6. The molecule has 4 heterocycles. The lowest BCUT2D eigenvalue weighted by atomic mass is 10.0. The highest BCUT2D eigenvalue weighted by molar-refractivity contribution is 7.99. The van der Waals surface area contributed by atoms with Crippen LogP contribution in [0, 0.1) is 6.92 Å². The zero-order chi connectivity index (χ0) is 23.7. The van der Waals surface area contributed by atoms with Crippen molar-refractivity contribution >= 4 is 40.8 Å². The van der Waals surface area contributed by atoms with Crippen molar-refractivity contribution in [3.05, 3.63) is 88.3 Å². The molecule has 5 rings (SSSR count). The number of hydrogen-bond donors (Lipinski definition) is 2. The maximum Gasteiger partial charge on any atom is 0.255 e. The Balaban J connectivity index is 1.52. The van der Waals surface area contributed by atoms with Crippen molar-refractivity contribution in [3.63, 3.8) is 0 Å². The number of benzene rings is 1. The number of fused-ring (bicyclic) bond motifs is 1. The first-order chi connectivity index (χ1) is 16.5. The molecule has 7 nitrogen and oxygen atoms in total. The lowest BCUT2D eigenvalue weighted by Gasteiger charge is -2.18. The molecule has 2 N–H and O–H groups in total. The fraction of sp³-hybridized carbons (Fsp3) is 0.200. The van der Waals surface area contributed by atoms with E-state index in [0.717, 1.165) is 46.3 Å². The smallest absolute Gasteiger partial charge is 0.255 e. The summed E-state index contributed by atoms with van der Waals surface area (Å²) in [7, 11) is 1.93. The van der Waals surface area contributed by atoms with Crippen molar-refractivity contribution in [3.8, 4) is 11.4 Å². The van der Waals surface area contributed by atoms with E-state index in [-0.39, 0.29) is 11.2 Å². The molecule has 1 aliphatic heterocycles. The number of pyridine rings is 2. The zero-order valence-electron chi connectivity index (χ0n) is 18.7. The first-order valence-corrected chi connectivity index (χ1v) is 12.3. The molecular formula is C25H23ClN6OS. The van der Waals surface area contributed by atoms with Crippen LogP contribution in [0.15, 0.2) is 60.9 Å². The molecule has 1 amide bonds. The van der Waals surface area contributed by atoms with Gasteiger partial charge >= 0.3 is 0 Å². The number of carbonyl (C=O) groups excluding carboxylic acids is 1. The van der Waals surface area contributed by atoms with Crippen molar-refractivity contribution in [2.45, 2.75) is 12.2 Å². The molecule has 0 fully saturated rings. The third-order valence-corrected chi connectivity index (χ3v) is 7.32. The Morgan fingerprint density at radius 2 is 2.03 bits per heavy atom. The molecule has 0 radical (unpaired) electrons. The Morgan fingerprint density at radius 1 is 1.18 bits per heavy atom. The van der Waals surface area contributed by atoms with Gasteiger partial charge < -0.3 is 10.6 Å². The van der Waals surface area contributed by atoms with Gasteiger partial charge in [-0.2, -0.15) is 5.10 Å². The first kappa shape index (κ1) is 22.4. The quantitative estimate of drug-likeness (QED) is 0.401. The zero-order valence-corrected chi connectivity index (χ0v) is 20.3. The van der Waals surface area contributed by atoms with Gasteiger partial charge in [-0.15, -0.1) is 11.8 Å². The van der Waals surface area contributed by atoms with E-state index in [1.807, 2.05) is 55.1 Å². The molecular weight excluding hydrogens is 468 g/mol. The van der Waals surface area contributed by atoms with Crippen LogP contribution < -0.4 is 10.6 Å². The predicted molar refractivity (Wildman–Crippen MR) is 138 cm³/mol. The number of anilines is 2. The molecule has 4 aromatic rings. The summed E-state index contributed by atoms with van der Waals surface area (Å²) >= 11 is 8.60. The molecule has 1 aromatic carbocycles. The summed E-state index contributed by atoms with van der Waals surface area (Å²) in [5, 5.41) is 11.7. The lowest BCUT2D eigenvalue weighted by Crippen LogP contribution is -2.13. The van der Waals surface area contributed by atoms with Crippen LogP contribution in [0.2, 0.25) is 5.02 Å². The van der Waals surface area contributed by atoms with Crippen LogP contribution in [0.1, 0.15) is 32.4 Å². The number of carbonyl (C=O) groups is 1. The Morgan fingerprint density at radius 3 is 2.79 bits per heavy atom. The van der Waals surface area contributed by atoms with Crippen LogP contribution in [0.3, 0.4) is 0 Å². The van der Waals surface area contributed by atoms with Crippen LogP contribution >= 0.6 is 23.4 Å². The third-order valence-electron chi connectivity index (χ3n) is 5.73. The van der Waals surface area contributed by atoms with Gasteiger partial charge in [-0.3, -0.25) is 19.4 Å². The van der Waals surface area contributed by atoms with Gasteiger partial charge in [-0.05, 0) is 48.9 Å². The van der Waals surface area contributed by atoms with Gasteiger partial charge in [-0.1, -0.05) is 23.7 Å². The van der Waals surface area contributed by atoms with Crippen molar-refractivity contribution < 1.29 is 4.79 Å². The van der Waals surface area contributed by atoms with Gasteiger partial charge in [0, 0.05) is 47.9 Å². The van der Waals surface area contributed by atoms with Gasteiger partial charge in [0.15, 0.2) is 0 Å². The van der Waals surface area contributed by atoms with Gasteiger partial charge in [0.05, 0.1) is 22.3 Å². The van der Waals surface area contributed by atoms with Crippen molar-refractivity contribution in [1.82, 2.24) is 19.7 Å². The van der Waals surface area contributed by atoms with E-state index >= 15 is 0 Å². The van der Waals surface area contributed by atoms with Crippen molar-refractivity contribution in [1.29, 1.82) is 0 Å². The molecule has 1 atom stereocenters. The maximum atomic E-state index is 12.9. The summed E-state index contributed by atoms with van der Waals surface area (Å²) < 4.78 is 1.87. The van der Waals surface area contributed by atoms with Gasteiger partial charge in [-0.25, -0.2) is 0 Å². The van der Waals surface area contributed by atoms with Crippen LogP contribution in [-0.4, -0.2) is 38.0 Å². The minimum absolute atomic E-state index is 0.0547. The highest BCUT2D eigenvalue weighted by Crippen LogP contribution is 2.47. The number of nitrogens with zero attached hydrogens (tertiary/aromatic N) is 4. The fourth-order valence-corrected chi connectivity index (χ4v) is 5.64. The second kappa shape index (κ2) is 9.48. The number of nitrogens with one attached hydrogen (secondary N) is 2. The summed E-state index contributed by atoms with van der Waals surface area (Å²) in [6.07, 6.45) is 3.47. The average Bonchev–Trinajstić information content (AvgIpc) is 3.02. The standard InChI is InChI=1S/C25H23ClN6OS/c1-15-19(7-5-11-27-15)30-25(33)16-8-9-17(18(26)14-16)23-21-22(20-6-3-4-10-28-20)31-32(2)24(21)29-12-13-34-23/h3-11,14,23,29H,12-13H2,1-2H3,(H,30,33)/t23-/m0/s1. The number of thioether (sulfide) groups is 1. The third kappa shape index (κ3) is 4.26. The lowest BCUT2D eigenvalue weighted by molar-refractivity contribution is 0.102. The molecule has 9 heteroatoms. The van der Waals surface area contributed by atoms with E-state index < -0.39 is 0 Å². The SMILES string of the molecule is Cc1ncccc1NC(=O)c1ccc([C@@H]2SCCNc3c2c(-c2ccccn2)nn3C)c(Cl)c1. The van der Waals surface area contributed by atoms with Crippen LogP contribution in [-0.2, 0) is 7.05 Å². The second-order valence-electron chi connectivity index (χ2n) is 7.95. The minimum Gasteiger partial charge on any atom is -0.369 e. The van der Waals surface area contributed by atoms with Gasteiger partial charge in [0.2, 0.25) is 0 Å². The molecule has 34 heavy (non-hydrogen) atoms. The topological polar surface area (TPSA) is 84.7 Å². The van der Waals surface area contributed by atoms with E-state index in [1.165, 1.54) is 0 Å². The summed E-state index contributed by atoms with van der Waals surface area (Å²) in [6, 6.07) is 14.9. The van der Waals surface area contributed by atoms with Crippen LogP contribution in [0.5, 0.6) is 0 Å². The molecule has 1 aliphatic rings. The maximum absolute atomic E-state index is 12.9. The Kier molecular flexibility index (Phi) is 6.26. The first-order valence-electron chi connectivity index (χ1n) is 10.9. The highest BCUT2D eigenvalue weighted by atomic mass is 35.5. The van der Waals surface area contributed by atoms with Crippen LogP contribution in [0.4, 0.5) is 11.5 Å². The average molecular weight is 491 g/mol. The van der Waals surface area contributed by atoms with E-state index in [4.69, 9.17) is 16.7 Å². The highest BCUT2D eigenvalue weighted by Gasteiger charge is 2.31. The second-order valence-corrected chi connectivity index (χ2v) is 9.57. The molecule has 0 saturated carbocycles. The monoisotopic (exact) mass is 490 g/mol. The largest absolute Gasteiger partial charge is 0.369 e. The number of hydrogen-bond acceptors (Lipinski definition) is 6. The van der Waals surface area contributed by atoms with E-state index in [2.05, 4.69) is 20.6 Å². The molecule has 0 unspecified atom stereocenters. The molecule has 172 valence electrons. The molecule has 0 spiro atoms. The summed E-state index contributed by atoms with van der Waals surface area (Å²) in [6.45, 7) is 2.67. The normalized spacial score (nSPS) is 15.2. The molecule has 3 aromatic heterocycles. The van der Waals surface area contributed by atoms with Gasteiger partial charge in [0.25, 0.3) is 5.91 Å². The number of rotatable bonds is 4. The molecule has 0 saturated heterocycles. The molecule has 0 bridgehead atoms. The van der Waals surface area contributed by atoms with Crippen molar-refractivity contribution in [2.75, 3.05) is 22.9 Å². The van der Waals surface area contributed by atoms with Crippen molar-refractivity contribution in [2.24, 2.45) is 7.05 Å². The van der Waals surface area contributed by atoms with E-state index in [0.29, 0.717) is 16.3 Å². The fourth-order valence-electron chi connectivity index (χ4n) is 4.06. The Bertz CT molecular complexity index is 1360. The Hall–Kier alpha value is -3.36. The number of aryl methyl sites for hydroxylation is 2. The number of halogens is 1. The number of aromatic nitrogens is 4. The summed E-state index contributed by atoms with van der Waals surface area (Å²) in [5.74, 6) is 1.64.